The summed E-state index contributed by atoms with van der Waals surface area (Å²) in [6.07, 6.45) is -0.0318. The van der Waals surface area contributed by atoms with Crippen LogP contribution in [0, 0.1) is 0 Å². The first-order valence-electron chi connectivity index (χ1n) is 5.25. The van der Waals surface area contributed by atoms with Gasteiger partial charge in [0.2, 0.25) is 0 Å². The quantitative estimate of drug-likeness (QED) is 0.706. The first-order chi connectivity index (χ1) is 7.65. The van der Waals surface area contributed by atoms with Crippen LogP contribution in [0.5, 0.6) is 0 Å². The van der Waals surface area contributed by atoms with E-state index in [-0.39, 0.29) is 6.54 Å². The number of benzene rings is 1. The highest BCUT2D eigenvalue weighted by Gasteiger charge is 2.20. The maximum absolute atomic E-state index is 9.96. The van der Waals surface area contributed by atoms with Gasteiger partial charge in [0.15, 0.2) is 0 Å². The maximum Gasteiger partial charge on any atom is 0.108 e. The Kier molecular flexibility index (Phi) is 2.96. The summed E-state index contributed by atoms with van der Waals surface area (Å²) in [5.74, 6) is 0. The molecule has 2 unspecified atom stereocenters. The Morgan fingerprint density at radius 3 is 2.69 bits per heavy atom. The maximum atomic E-state index is 9.96. The van der Waals surface area contributed by atoms with Crippen LogP contribution in [0.3, 0.4) is 0 Å². The van der Waals surface area contributed by atoms with Crippen molar-refractivity contribution in [2.45, 2.75) is 12.2 Å². The van der Waals surface area contributed by atoms with Crippen LogP contribution in [0.2, 0.25) is 0 Å². The van der Waals surface area contributed by atoms with Gasteiger partial charge < -0.3 is 20.5 Å². The molecule has 4 N–H and O–H groups in total. The number of nitrogens with zero attached hydrogens (tertiary/aromatic N) is 1. The monoisotopic (exact) mass is 220 g/mol. The number of nitrogens with two attached hydrogens (primary N) is 1. The Hall–Kier alpha value is -1.36. The normalized spacial score (nSPS) is 15.2. The van der Waals surface area contributed by atoms with E-state index >= 15 is 0 Å². The zero-order chi connectivity index (χ0) is 11.7. The standard InChI is InChI=1S/C12H16N2O2/c1-14-7-9(12(16)11(15)6-13)8-4-2-3-5-10(8)14/h2-5,7,11-12,15-16H,6,13H2,1H3. The van der Waals surface area contributed by atoms with E-state index < -0.39 is 12.2 Å². The predicted octanol–water partition coefficient (Wildman–Crippen LogP) is 0.531. The minimum Gasteiger partial charge on any atom is -0.389 e. The molecule has 2 aromatic rings. The first kappa shape index (κ1) is 11.1. The van der Waals surface area contributed by atoms with Crippen molar-refractivity contribution in [3.8, 4) is 0 Å². The van der Waals surface area contributed by atoms with Crippen molar-refractivity contribution in [2.24, 2.45) is 12.8 Å². The third-order valence-corrected chi connectivity index (χ3v) is 2.85. The lowest BCUT2D eigenvalue weighted by Crippen LogP contribution is -2.27. The summed E-state index contributed by atoms with van der Waals surface area (Å²) >= 11 is 0. The van der Waals surface area contributed by atoms with Crippen LogP contribution >= 0.6 is 0 Å². The van der Waals surface area contributed by atoms with Crippen molar-refractivity contribution in [3.63, 3.8) is 0 Å². The molecule has 0 bridgehead atoms. The smallest absolute Gasteiger partial charge is 0.108 e. The number of rotatable bonds is 3. The van der Waals surface area contributed by atoms with E-state index in [4.69, 9.17) is 5.73 Å². The van der Waals surface area contributed by atoms with Gasteiger partial charge in [-0.3, -0.25) is 0 Å². The Labute approximate surface area is 93.9 Å². The Morgan fingerprint density at radius 1 is 1.31 bits per heavy atom. The molecule has 0 radical (unpaired) electrons. The van der Waals surface area contributed by atoms with Gasteiger partial charge in [-0.25, -0.2) is 0 Å². The summed E-state index contributed by atoms with van der Waals surface area (Å²) in [4.78, 5) is 0. The highest BCUT2D eigenvalue weighted by molar-refractivity contribution is 5.84. The third-order valence-electron chi connectivity index (χ3n) is 2.85. The molecule has 0 saturated carbocycles. The lowest BCUT2D eigenvalue weighted by atomic mass is 10.0. The number of hydrogen-bond acceptors (Lipinski definition) is 3. The van der Waals surface area contributed by atoms with Crippen molar-refractivity contribution in [3.05, 3.63) is 36.0 Å². The van der Waals surface area contributed by atoms with Gasteiger partial charge in [-0.15, -0.1) is 0 Å². The van der Waals surface area contributed by atoms with Gasteiger partial charge in [0.05, 0.1) is 6.10 Å². The average Bonchev–Trinajstić information content (AvgIpc) is 2.65. The Bertz CT molecular complexity index is 493. The highest BCUT2D eigenvalue weighted by atomic mass is 16.3. The third kappa shape index (κ3) is 1.71. The van der Waals surface area contributed by atoms with Crippen LogP contribution in [-0.2, 0) is 7.05 Å². The lowest BCUT2D eigenvalue weighted by Gasteiger charge is -2.15. The van der Waals surface area contributed by atoms with Crippen LogP contribution in [0.1, 0.15) is 11.7 Å². The van der Waals surface area contributed by atoms with Gasteiger partial charge >= 0.3 is 0 Å². The van der Waals surface area contributed by atoms with E-state index in [0.717, 1.165) is 16.5 Å². The van der Waals surface area contributed by atoms with Crippen molar-refractivity contribution in [1.82, 2.24) is 4.57 Å². The number of hydrogen-bond donors (Lipinski definition) is 3. The molecule has 2 rings (SSSR count). The van der Waals surface area contributed by atoms with Gasteiger partial charge in [-0.05, 0) is 6.07 Å². The molecular formula is C12H16N2O2. The average molecular weight is 220 g/mol. The van der Waals surface area contributed by atoms with Gasteiger partial charge in [0.1, 0.15) is 6.10 Å². The summed E-state index contributed by atoms with van der Waals surface area (Å²) in [6, 6.07) is 7.75. The van der Waals surface area contributed by atoms with Gasteiger partial charge in [0.25, 0.3) is 0 Å². The fourth-order valence-electron chi connectivity index (χ4n) is 1.94. The minimum atomic E-state index is -0.934. The molecule has 0 aliphatic carbocycles. The second-order valence-electron chi connectivity index (χ2n) is 3.96. The highest BCUT2D eigenvalue weighted by Crippen LogP contribution is 2.27. The van der Waals surface area contributed by atoms with Crippen LogP contribution < -0.4 is 5.73 Å². The molecule has 86 valence electrons. The molecule has 4 heteroatoms. The minimum absolute atomic E-state index is 0.0460. The summed E-state index contributed by atoms with van der Waals surface area (Å²) in [7, 11) is 1.91. The summed E-state index contributed by atoms with van der Waals surface area (Å²) in [5, 5.41) is 20.5. The van der Waals surface area contributed by atoms with Gasteiger partial charge in [0, 0.05) is 36.3 Å². The molecule has 0 saturated heterocycles. The summed E-state index contributed by atoms with van der Waals surface area (Å²) < 4.78 is 1.93. The molecule has 4 nitrogen and oxygen atoms in total. The van der Waals surface area contributed by atoms with E-state index in [2.05, 4.69) is 0 Å². The van der Waals surface area contributed by atoms with E-state index in [1.165, 1.54) is 0 Å². The molecule has 0 aliphatic rings. The van der Waals surface area contributed by atoms with Crippen LogP contribution in [0.15, 0.2) is 30.5 Å². The van der Waals surface area contributed by atoms with E-state index in [9.17, 15) is 10.2 Å². The molecular weight excluding hydrogens is 204 g/mol. The summed E-state index contributed by atoms with van der Waals surface area (Å²) in [6.45, 7) is 0.0460. The summed E-state index contributed by atoms with van der Waals surface area (Å²) in [5.41, 5.74) is 7.09. The first-order valence-corrected chi connectivity index (χ1v) is 5.25. The lowest BCUT2D eigenvalue weighted by molar-refractivity contribution is 0.0251. The molecule has 0 spiro atoms. The number of para-hydroxylation sites is 1. The predicted molar refractivity (Wildman–Crippen MR) is 62.9 cm³/mol. The van der Waals surface area contributed by atoms with Crippen LogP contribution in [0.4, 0.5) is 0 Å². The van der Waals surface area contributed by atoms with E-state index in [1.54, 1.807) is 0 Å². The van der Waals surface area contributed by atoms with Crippen molar-refractivity contribution in [1.29, 1.82) is 0 Å². The zero-order valence-electron chi connectivity index (χ0n) is 9.17. The van der Waals surface area contributed by atoms with Crippen LogP contribution in [0.25, 0.3) is 10.9 Å². The molecule has 0 aliphatic heterocycles. The second-order valence-corrected chi connectivity index (χ2v) is 3.96. The van der Waals surface area contributed by atoms with Gasteiger partial charge in [-0.1, -0.05) is 18.2 Å². The van der Waals surface area contributed by atoms with Crippen molar-refractivity contribution >= 4 is 10.9 Å². The number of aromatic nitrogens is 1. The van der Waals surface area contributed by atoms with Crippen molar-refractivity contribution < 1.29 is 10.2 Å². The molecule has 1 heterocycles. The zero-order valence-corrected chi connectivity index (χ0v) is 9.17. The number of aryl methyl sites for hydroxylation is 1. The SMILES string of the molecule is Cn1cc(C(O)C(O)CN)c2ccccc21. The van der Waals surface area contributed by atoms with E-state index in [0.29, 0.717) is 0 Å². The van der Waals surface area contributed by atoms with E-state index in [1.807, 2.05) is 42.1 Å². The molecule has 16 heavy (non-hydrogen) atoms. The largest absolute Gasteiger partial charge is 0.389 e. The Morgan fingerprint density at radius 2 is 2.00 bits per heavy atom. The number of aliphatic hydroxyl groups excluding tert-OH is 2. The molecule has 2 atom stereocenters. The van der Waals surface area contributed by atoms with Crippen LogP contribution in [-0.4, -0.2) is 27.4 Å². The van der Waals surface area contributed by atoms with Gasteiger partial charge in [-0.2, -0.15) is 0 Å². The second kappa shape index (κ2) is 4.25. The fraction of sp³-hybridized carbons (Fsp3) is 0.333. The molecule has 0 fully saturated rings. The molecule has 0 amide bonds. The molecule has 1 aromatic heterocycles. The van der Waals surface area contributed by atoms with Crippen molar-refractivity contribution in [2.75, 3.05) is 6.54 Å². The Balaban J connectivity index is 2.52. The fourth-order valence-corrected chi connectivity index (χ4v) is 1.94. The topological polar surface area (TPSA) is 71.4 Å². The molecule has 1 aromatic carbocycles. The number of fused-ring (bicyclic) bond motifs is 1. The number of aliphatic hydroxyl groups is 2.